The fourth-order valence-electron chi connectivity index (χ4n) is 1.78. The van der Waals surface area contributed by atoms with E-state index < -0.39 is 6.10 Å². The third kappa shape index (κ3) is 4.61. The van der Waals surface area contributed by atoms with Crippen molar-refractivity contribution in [2.24, 2.45) is 7.05 Å². The number of thioether (sulfide) groups is 1. The van der Waals surface area contributed by atoms with E-state index in [0.717, 1.165) is 22.9 Å². The molecule has 0 saturated carbocycles. The van der Waals surface area contributed by atoms with Crippen LogP contribution in [0.15, 0.2) is 48.4 Å². The van der Waals surface area contributed by atoms with Crippen LogP contribution in [-0.2, 0) is 13.5 Å². The third-order valence-electron chi connectivity index (χ3n) is 2.84. The lowest BCUT2D eigenvalue weighted by atomic mass is 10.1. The molecule has 0 aliphatic rings. The zero-order valence-electron chi connectivity index (χ0n) is 12.0. The van der Waals surface area contributed by atoms with Crippen molar-refractivity contribution in [2.45, 2.75) is 17.7 Å². The normalized spacial score (nSPS) is 12.1. The zero-order chi connectivity index (χ0) is 15.1. The molecule has 0 aliphatic carbocycles. The predicted molar refractivity (Wildman–Crippen MR) is 83.6 cm³/mol. The van der Waals surface area contributed by atoms with Crippen LogP contribution in [0.2, 0.25) is 0 Å². The van der Waals surface area contributed by atoms with Crippen molar-refractivity contribution in [3.05, 3.63) is 48.8 Å². The molecule has 5 nitrogen and oxygen atoms in total. The minimum absolute atomic E-state index is 0.249. The first kappa shape index (κ1) is 15.6. The average molecular weight is 305 g/mol. The average Bonchev–Trinajstić information content (AvgIpc) is 2.90. The van der Waals surface area contributed by atoms with Crippen molar-refractivity contribution in [2.75, 3.05) is 12.4 Å². The summed E-state index contributed by atoms with van der Waals surface area (Å²) in [6, 6.07) is 7.79. The highest BCUT2D eigenvalue weighted by Crippen LogP contribution is 2.20. The summed E-state index contributed by atoms with van der Waals surface area (Å²) in [5.41, 5.74) is 1.07. The molecule has 21 heavy (non-hydrogen) atoms. The quantitative estimate of drug-likeness (QED) is 0.597. The second-order valence-corrected chi connectivity index (χ2v) is 5.59. The minimum Gasteiger partial charge on any atom is -0.491 e. The Kier molecular flexibility index (Phi) is 5.83. The molecule has 1 N–H and O–H groups in total. The summed E-state index contributed by atoms with van der Waals surface area (Å²) in [7, 11) is 1.87. The van der Waals surface area contributed by atoms with Gasteiger partial charge in [-0.05, 0) is 18.1 Å². The highest BCUT2D eigenvalue weighted by molar-refractivity contribution is 7.99. The number of aliphatic hydroxyl groups is 1. The molecule has 112 valence electrons. The van der Waals surface area contributed by atoms with Gasteiger partial charge in [-0.25, -0.2) is 0 Å². The molecule has 1 aromatic carbocycles. The van der Waals surface area contributed by atoms with E-state index in [1.165, 1.54) is 11.8 Å². The third-order valence-corrected chi connectivity index (χ3v) is 4.02. The van der Waals surface area contributed by atoms with Gasteiger partial charge in [-0.1, -0.05) is 36.0 Å². The topological polar surface area (TPSA) is 60.2 Å². The van der Waals surface area contributed by atoms with Gasteiger partial charge in [-0.15, -0.1) is 16.8 Å². The number of hydrogen-bond acceptors (Lipinski definition) is 5. The molecule has 0 radical (unpaired) electrons. The first-order valence-electron chi connectivity index (χ1n) is 6.67. The van der Waals surface area contributed by atoms with Gasteiger partial charge in [0.2, 0.25) is 0 Å². The number of ether oxygens (including phenoxy) is 1. The van der Waals surface area contributed by atoms with Crippen molar-refractivity contribution >= 4 is 11.8 Å². The number of aliphatic hydroxyl groups excluding tert-OH is 1. The Hall–Kier alpha value is -1.79. The van der Waals surface area contributed by atoms with Gasteiger partial charge in [0.15, 0.2) is 5.16 Å². The molecule has 0 fully saturated rings. The van der Waals surface area contributed by atoms with E-state index in [9.17, 15) is 5.11 Å². The second kappa shape index (κ2) is 7.85. The Morgan fingerprint density at radius 3 is 3.00 bits per heavy atom. The zero-order valence-corrected chi connectivity index (χ0v) is 12.8. The highest BCUT2D eigenvalue weighted by Gasteiger charge is 2.10. The highest BCUT2D eigenvalue weighted by atomic mass is 32.2. The van der Waals surface area contributed by atoms with Crippen LogP contribution < -0.4 is 4.74 Å². The van der Waals surface area contributed by atoms with Gasteiger partial charge < -0.3 is 14.4 Å². The standard InChI is InChI=1S/C15H19N3O2S/c1-3-6-12-7-4-5-8-14(12)20-9-13(19)10-21-15-17-16-11-18(15)2/h3-5,7-8,11,13,19H,1,6,9-10H2,2H3. The lowest BCUT2D eigenvalue weighted by Gasteiger charge is -2.14. The summed E-state index contributed by atoms with van der Waals surface area (Å²) in [4.78, 5) is 0. The number of hydrogen-bond donors (Lipinski definition) is 1. The van der Waals surface area contributed by atoms with Crippen LogP contribution in [-0.4, -0.2) is 38.3 Å². The van der Waals surface area contributed by atoms with Gasteiger partial charge >= 0.3 is 0 Å². The molecule has 0 spiro atoms. The Morgan fingerprint density at radius 1 is 1.48 bits per heavy atom. The number of benzene rings is 1. The van der Waals surface area contributed by atoms with Crippen LogP contribution in [0.4, 0.5) is 0 Å². The molecular weight excluding hydrogens is 286 g/mol. The van der Waals surface area contributed by atoms with Gasteiger partial charge in [-0.3, -0.25) is 0 Å². The van der Waals surface area contributed by atoms with Crippen LogP contribution >= 0.6 is 11.8 Å². The molecule has 0 bridgehead atoms. The Labute approximate surface area is 128 Å². The van der Waals surface area contributed by atoms with Crippen molar-refractivity contribution in [1.82, 2.24) is 14.8 Å². The first-order chi connectivity index (χ1) is 10.2. The lowest BCUT2D eigenvalue weighted by Crippen LogP contribution is -2.20. The Morgan fingerprint density at radius 2 is 2.29 bits per heavy atom. The van der Waals surface area contributed by atoms with Crippen LogP contribution in [0.3, 0.4) is 0 Å². The maximum Gasteiger partial charge on any atom is 0.190 e. The summed E-state index contributed by atoms with van der Waals surface area (Å²) in [6.45, 7) is 3.98. The Bertz CT molecular complexity index is 586. The minimum atomic E-state index is -0.566. The van der Waals surface area contributed by atoms with E-state index in [2.05, 4.69) is 16.8 Å². The molecule has 6 heteroatoms. The first-order valence-corrected chi connectivity index (χ1v) is 7.65. The fourth-order valence-corrected chi connectivity index (χ4v) is 2.57. The smallest absolute Gasteiger partial charge is 0.190 e. The van der Waals surface area contributed by atoms with E-state index in [1.54, 1.807) is 6.33 Å². The molecule has 1 atom stereocenters. The monoisotopic (exact) mass is 305 g/mol. The number of aryl methyl sites for hydroxylation is 1. The van der Waals surface area contributed by atoms with Gasteiger partial charge in [0.05, 0.1) is 6.10 Å². The molecule has 2 aromatic rings. The van der Waals surface area contributed by atoms with Crippen LogP contribution in [0.5, 0.6) is 5.75 Å². The molecule has 0 saturated heterocycles. The maximum absolute atomic E-state index is 10.00. The van der Waals surface area contributed by atoms with Crippen molar-refractivity contribution in [3.63, 3.8) is 0 Å². The lowest BCUT2D eigenvalue weighted by molar-refractivity contribution is 0.126. The van der Waals surface area contributed by atoms with E-state index in [4.69, 9.17) is 4.74 Å². The van der Waals surface area contributed by atoms with Crippen molar-refractivity contribution < 1.29 is 9.84 Å². The summed E-state index contributed by atoms with van der Waals surface area (Å²) in [5, 5.41) is 18.5. The van der Waals surface area contributed by atoms with Crippen LogP contribution in [0.25, 0.3) is 0 Å². The van der Waals surface area contributed by atoms with E-state index in [-0.39, 0.29) is 6.61 Å². The van der Waals surface area contributed by atoms with Crippen molar-refractivity contribution in [3.8, 4) is 5.75 Å². The number of aromatic nitrogens is 3. The summed E-state index contributed by atoms with van der Waals surface area (Å²) in [5.74, 6) is 1.30. The second-order valence-electron chi connectivity index (χ2n) is 4.60. The largest absolute Gasteiger partial charge is 0.491 e. The van der Waals surface area contributed by atoms with Gasteiger partial charge in [0.25, 0.3) is 0 Å². The molecule has 1 unspecified atom stereocenters. The molecule has 0 aliphatic heterocycles. The van der Waals surface area contributed by atoms with Crippen LogP contribution in [0.1, 0.15) is 5.56 Å². The predicted octanol–water partition coefficient (Wildman–Crippen LogP) is 2.08. The molecule has 2 rings (SSSR count). The van der Waals surface area contributed by atoms with Gasteiger partial charge in [0.1, 0.15) is 18.7 Å². The maximum atomic E-state index is 10.00. The summed E-state index contributed by atoms with van der Waals surface area (Å²) >= 11 is 1.45. The number of rotatable bonds is 8. The van der Waals surface area contributed by atoms with Crippen LogP contribution in [0, 0.1) is 0 Å². The van der Waals surface area contributed by atoms with Gasteiger partial charge in [0, 0.05) is 12.8 Å². The molecular formula is C15H19N3O2S. The van der Waals surface area contributed by atoms with Gasteiger partial charge in [-0.2, -0.15) is 0 Å². The van der Waals surface area contributed by atoms with E-state index in [0.29, 0.717) is 5.75 Å². The summed E-state index contributed by atoms with van der Waals surface area (Å²) in [6.07, 6.45) is 3.66. The molecule has 1 aromatic heterocycles. The fraction of sp³-hybridized carbons (Fsp3) is 0.333. The number of allylic oxidation sites excluding steroid dienone is 1. The van der Waals surface area contributed by atoms with E-state index >= 15 is 0 Å². The summed E-state index contributed by atoms with van der Waals surface area (Å²) < 4.78 is 7.51. The molecule has 1 heterocycles. The van der Waals surface area contributed by atoms with E-state index in [1.807, 2.05) is 42.0 Å². The number of para-hydroxylation sites is 1. The van der Waals surface area contributed by atoms with Crippen molar-refractivity contribution in [1.29, 1.82) is 0 Å². The molecule has 0 amide bonds. The Balaban J connectivity index is 1.82. The number of nitrogens with zero attached hydrogens (tertiary/aromatic N) is 3. The SMILES string of the molecule is C=CCc1ccccc1OCC(O)CSc1nncn1C.